The first-order valence-corrected chi connectivity index (χ1v) is 18.9. The number of H-pyrrole nitrogens is 1. The van der Waals surface area contributed by atoms with Crippen LogP contribution in [0.3, 0.4) is 0 Å². The van der Waals surface area contributed by atoms with Crippen molar-refractivity contribution >= 4 is 52.4 Å². The molecule has 2 aromatic carbocycles. The van der Waals surface area contributed by atoms with Gasteiger partial charge in [0.1, 0.15) is 29.9 Å². The molecule has 4 atom stereocenters. The molecule has 0 unspecified atom stereocenters. The molecule has 0 spiro atoms. The zero-order chi connectivity index (χ0) is 42.0. The molecule has 0 aliphatic heterocycles. The molecule has 0 bridgehead atoms. The van der Waals surface area contributed by atoms with Gasteiger partial charge in [0.2, 0.25) is 17.7 Å². The average molecular weight is 797 g/mol. The minimum atomic E-state index is -1.16. The summed E-state index contributed by atoms with van der Waals surface area (Å²) in [4.78, 5) is 90.7. The summed E-state index contributed by atoms with van der Waals surface area (Å²) in [5, 5.41) is 14.4. The number of hydrogen-bond donors (Lipinski definition) is 10. The molecule has 2 heterocycles. The van der Waals surface area contributed by atoms with E-state index in [-0.39, 0.29) is 43.3 Å². The van der Waals surface area contributed by atoms with Crippen LogP contribution in [-0.4, -0.2) is 89.3 Å². The number of carbonyl (C=O) groups is 6. The van der Waals surface area contributed by atoms with Gasteiger partial charge in [0, 0.05) is 49.7 Å². The Kier molecular flexibility index (Phi) is 16.5. The number of urea groups is 1. The number of guanidine groups is 1. The Morgan fingerprint density at radius 3 is 2.12 bits per heavy atom. The van der Waals surface area contributed by atoms with Crippen LogP contribution in [0.4, 0.5) is 4.79 Å². The highest BCUT2D eigenvalue weighted by molar-refractivity contribution is 5.97. The van der Waals surface area contributed by atoms with Crippen LogP contribution in [0.15, 0.2) is 90.2 Å². The molecule has 12 N–H and O–H groups in total. The van der Waals surface area contributed by atoms with E-state index in [1.165, 1.54) is 19.3 Å². The third-order valence-electron chi connectivity index (χ3n) is 9.04. The second-order valence-electron chi connectivity index (χ2n) is 14.0. The first-order valence-electron chi connectivity index (χ1n) is 18.9. The van der Waals surface area contributed by atoms with Gasteiger partial charge in [0.15, 0.2) is 5.96 Å². The van der Waals surface area contributed by atoms with E-state index in [9.17, 15) is 28.8 Å². The van der Waals surface area contributed by atoms with E-state index in [1.54, 1.807) is 42.6 Å². The number of primary amides is 1. The smallest absolute Gasteiger partial charge is 0.334 e. The number of hydrogen-bond acceptors (Lipinski definition) is 8. The third kappa shape index (κ3) is 13.6. The van der Waals surface area contributed by atoms with Gasteiger partial charge in [-0.05, 0) is 54.5 Å². The van der Waals surface area contributed by atoms with Crippen LogP contribution in [0, 0.1) is 5.92 Å². The van der Waals surface area contributed by atoms with Gasteiger partial charge in [0.25, 0.3) is 11.8 Å². The van der Waals surface area contributed by atoms with Crippen LogP contribution in [0.1, 0.15) is 54.7 Å². The Labute approximate surface area is 336 Å². The predicted molar refractivity (Wildman–Crippen MR) is 219 cm³/mol. The van der Waals surface area contributed by atoms with E-state index in [0.29, 0.717) is 13.0 Å². The Hall–Kier alpha value is -6.98. The number of aromatic amines is 1. The summed E-state index contributed by atoms with van der Waals surface area (Å²) >= 11 is 0. The highest BCUT2D eigenvalue weighted by Gasteiger charge is 2.30. The zero-order valence-corrected chi connectivity index (χ0v) is 32.7. The molecule has 0 saturated carbocycles. The molecule has 0 fully saturated rings. The van der Waals surface area contributed by atoms with Crippen molar-refractivity contribution in [3.63, 3.8) is 0 Å². The highest BCUT2D eigenvalue weighted by Crippen LogP contribution is 2.19. The van der Waals surface area contributed by atoms with Gasteiger partial charge in [-0.3, -0.25) is 39.4 Å². The number of nitrogens with one attached hydrogen (secondary N) is 8. The van der Waals surface area contributed by atoms with Crippen LogP contribution >= 0.6 is 0 Å². The number of aromatic nitrogens is 2. The Morgan fingerprint density at radius 2 is 1.43 bits per heavy atom. The first-order chi connectivity index (χ1) is 27.8. The van der Waals surface area contributed by atoms with Gasteiger partial charge in [-0.1, -0.05) is 68.4 Å². The number of nitrogens with two attached hydrogens (primary N) is 2. The lowest BCUT2D eigenvalue weighted by Gasteiger charge is -2.26. The van der Waals surface area contributed by atoms with Crippen LogP contribution in [-0.2, 0) is 32.0 Å². The Bertz CT molecular complexity index is 2040. The van der Waals surface area contributed by atoms with E-state index in [0.717, 1.165) is 22.0 Å². The quantitative estimate of drug-likeness (QED) is 0.0276. The summed E-state index contributed by atoms with van der Waals surface area (Å²) in [5.74, 6) is -3.33. The molecule has 18 nitrogen and oxygen atoms in total. The topological polar surface area (TPSA) is 280 Å². The van der Waals surface area contributed by atoms with Gasteiger partial charge < -0.3 is 43.0 Å². The van der Waals surface area contributed by atoms with Crippen molar-refractivity contribution in [2.24, 2.45) is 22.4 Å². The van der Waals surface area contributed by atoms with Crippen molar-refractivity contribution in [2.45, 2.75) is 70.1 Å². The molecule has 58 heavy (non-hydrogen) atoms. The summed E-state index contributed by atoms with van der Waals surface area (Å²) < 4.78 is 0. The molecule has 4 rings (SSSR count). The predicted octanol–water partition coefficient (Wildman–Crippen LogP) is 0.661. The minimum absolute atomic E-state index is 0.0918. The third-order valence-corrected chi connectivity index (χ3v) is 9.04. The number of hydrazine groups is 1. The summed E-state index contributed by atoms with van der Waals surface area (Å²) in [6, 6.07) is 15.8. The molecular weight excluding hydrogens is 745 g/mol. The van der Waals surface area contributed by atoms with E-state index in [1.807, 2.05) is 44.2 Å². The van der Waals surface area contributed by atoms with Crippen molar-refractivity contribution in [3.8, 4) is 0 Å². The Morgan fingerprint density at radius 1 is 0.741 bits per heavy atom. The van der Waals surface area contributed by atoms with Gasteiger partial charge in [-0.15, -0.1) is 0 Å². The van der Waals surface area contributed by atoms with Crippen LogP contribution in [0.5, 0.6) is 0 Å². The minimum Gasteiger partial charge on any atom is -0.370 e. The fourth-order valence-electron chi connectivity index (χ4n) is 6.05. The number of aliphatic imine (C=N–C) groups is 1. The maximum Gasteiger partial charge on any atom is 0.334 e. The number of rotatable bonds is 19. The fraction of sp³-hybridized carbons (Fsp3) is 0.350. The number of pyridine rings is 1. The molecule has 4 aromatic rings. The monoisotopic (exact) mass is 796 g/mol. The summed E-state index contributed by atoms with van der Waals surface area (Å²) in [5.41, 5.74) is 18.5. The number of carbonyl (C=O) groups excluding carboxylic acids is 6. The SMILES string of the molecule is CN=C(N)NCCC[C@H](NC(=O)[C@H](CC(C)C)NC(=O)NNC(=O)[C@H](Cc1ccccc1)NC(=O)c1ccccn1)C(=O)N[C@@H](Cc1c[nH]c2ccccc12)C(N)=O. The van der Waals surface area contributed by atoms with E-state index in [4.69, 9.17) is 11.5 Å². The number of fused-ring (bicyclic) bond motifs is 1. The van der Waals surface area contributed by atoms with E-state index < -0.39 is 59.7 Å². The number of benzene rings is 2. The molecule has 0 aliphatic rings. The standard InChI is InChI=1S/C40H52N12O6/c1-24(2)20-32(50-40(58)52-51-38(57)33(21-25-12-5-4-6-13-25)49-35(54)29-16-9-10-18-44-29)37(56)47-30(17-11-19-45-39(42)43-3)36(55)48-31(34(41)53)22-26-23-46-28-15-8-7-14-27(26)28/h4-10,12-16,18,23-24,30-33,46H,11,17,19-22H2,1-3H3,(H2,41,53)(H,47,56)(H,48,55)(H,49,54)(H,51,57)(H3,42,43,45)(H2,50,52,58)/t30-,31-,32-,33-/m0/s1. The lowest BCUT2D eigenvalue weighted by molar-refractivity contribution is -0.132. The summed E-state index contributed by atoms with van der Waals surface area (Å²) in [7, 11) is 1.52. The Balaban J connectivity index is 1.44. The molecule has 0 aliphatic carbocycles. The molecule has 18 heteroatoms. The van der Waals surface area contributed by atoms with Crippen molar-refractivity contribution in [3.05, 3.63) is 102 Å². The van der Waals surface area contributed by atoms with Gasteiger partial charge in [0.05, 0.1) is 0 Å². The fourth-order valence-corrected chi connectivity index (χ4v) is 6.05. The molecule has 7 amide bonds. The lowest BCUT2D eigenvalue weighted by atomic mass is 10.0. The normalized spacial score (nSPS) is 13.3. The molecule has 2 aromatic heterocycles. The molecule has 308 valence electrons. The van der Waals surface area contributed by atoms with E-state index in [2.05, 4.69) is 52.4 Å². The second kappa shape index (κ2) is 21.9. The molecule has 0 radical (unpaired) electrons. The van der Waals surface area contributed by atoms with E-state index >= 15 is 0 Å². The van der Waals surface area contributed by atoms with Crippen LogP contribution < -0.4 is 48.9 Å². The van der Waals surface area contributed by atoms with Crippen molar-refractivity contribution in [2.75, 3.05) is 13.6 Å². The van der Waals surface area contributed by atoms with Gasteiger partial charge in [-0.2, -0.15) is 0 Å². The lowest BCUT2D eigenvalue weighted by Crippen LogP contribution is -2.59. The largest absolute Gasteiger partial charge is 0.370 e. The first kappa shape index (κ1) is 43.7. The van der Waals surface area contributed by atoms with Crippen molar-refractivity contribution in [1.82, 2.24) is 47.4 Å². The maximum absolute atomic E-state index is 13.8. The van der Waals surface area contributed by atoms with Gasteiger partial charge in [-0.25, -0.2) is 10.2 Å². The number of nitrogens with zero attached hydrogens (tertiary/aromatic N) is 2. The molecule has 0 saturated heterocycles. The summed E-state index contributed by atoms with van der Waals surface area (Å²) in [6.07, 6.45) is 4.02. The van der Waals surface area contributed by atoms with Gasteiger partial charge >= 0.3 is 6.03 Å². The van der Waals surface area contributed by atoms with Crippen LogP contribution in [0.2, 0.25) is 0 Å². The molecular formula is C40H52N12O6. The maximum atomic E-state index is 13.8. The average Bonchev–Trinajstić information content (AvgIpc) is 3.62. The van der Waals surface area contributed by atoms with Crippen molar-refractivity contribution in [1.29, 1.82) is 0 Å². The number of amides is 7. The number of para-hydroxylation sites is 1. The van der Waals surface area contributed by atoms with Crippen LogP contribution in [0.25, 0.3) is 10.9 Å². The second-order valence-corrected chi connectivity index (χ2v) is 14.0. The van der Waals surface area contributed by atoms with Crippen molar-refractivity contribution < 1.29 is 28.8 Å². The zero-order valence-electron chi connectivity index (χ0n) is 32.7. The summed E-state index contributed by atoms with van der Waals surface area (Å²) in [6.45, 7) is 4.01. The highest BCUT2D eigenvalue weighted by atomic mass is 16.2.